The number of rotatable bonds is 3. The molecule has 1 aromatic carbocycles. The van der Waals surface area contributed by atoms with Crippen molar-refractivity contribution in [1.29, 1.82) is 0 Å². The number of halogens is 4. The van der Waals surface area contributed by atoms with Crippen molar-refractivity contribution in [1.82, 2.24) is 4.57 Å². The quantitative estimate of drug-likeness (QED) is 0.485. The monoisotopic (exact) mass is 481 g/mol. The van der Waals surface area contributed by atoms with Gasteiger partial charge in [-0.1, -0.05) is 22.9 Å². The number of aromatic nitrogens is 1. The smallest absolute Gasteiger partial charge is 0.256 e. The van der Waals surface area contributed by atoms with Crippen molar-refractivity contribution in [3.8, 4) is 11.3 Å². The summed E-state index contributed by atoms with van der Waals surface area (Å²) >= 11 is 1.74. The second-order valence-corrected chi connectivity index (χ2v) is 5.44. The molecule has 0 bridgehead atoms. The third-order valence-corrected chi connectivity index (χ3v) is 3.53. The van der Waals surface area contributed by atoms with Crippen molar-refractivity contribution in [2.45, 2.75) is 19.9 Å². The molecule has 0 amide bonds. The van der Waals surface area contributed by atoms with Gasteiger partial charge in [0.2, 0.25) is 5.56 Å². The Hall–Kier alpha value is -0.206. The maximum Gasteiger partial charge on any atom is 0.256 e. The molecule has 0 unspecified atom stereocenters. The second kappa shape index (κ2) is 7.88. The average molecular weight is 481 g/mol. The second-order valence-electron chi connectivity index (χ2n) is 4.28. The van der Waals surface area contributed by atoms with Gasteiger partial charge in [-0.2, -0.15) is 12.1 Å². The number of pyridine rings is 1. The maximum atomic E-state index is 14.0. The molecule has 0 aliphatic heterocycles. The molecule has 0 spiro atoms. The summed E-state index contributed by atoms with van der Waals surface area (Å²) in [6, 6.07) is 8.49. The van der Waals surface area contributed by atoms with Gasteiger partial charge in [0, 0.05) is 32.7 Å². The maximum absolute atomic E-state index is 14.0. The van der Waals surface area contributed by atoms with Gasteiger partial charge in [-0.25, -0.2) is 13.2 Å². The Morgan fingerprint density at radius 2 is 2.05 bits per heavy atom. The third kappa shape index (κ3) is 4.39. The molecule has 1 radical (unpaired) electrons. The summed E-state index contributed by atoms with van der Waals surface area (Å²) in [6.07, 6.45) is -2.70. The predicted octanol–water partition coefficient (Wildman–Crippen LogP) is 3.63. The molecule has 109 valence electrons. The van der Waals surface area contributed by atoms with Crippen LogP contribution in [0, 0.1) is 22.4 Å². The third-order valence-electron chi connectivity index (χ3n) is 2.76. The van der Waals surface area contributed by atoms with E-state index in [0.29, 0.717) is 5.56 Å². The summed E-state index contributed by atoms with van der Waals surface area (Å²) in [4.78, 5) is 12.0. The van der Waals surface area contributed by atoms with Crippen LogP contribution in [0.2, 0.25) is 0 Å². The van der Waals surface area contributed by atoms with Crippen molar-refractivity contribution in [2.75, 3.05) is 0 Å². The molecule has 0 saturated heterocycles. The van der Waals surface area contributed by atoms with Crippen LogP contribution in [-0.2, 0) is 39.3 Å². The minimum atomic E-state index is -2.70. The Labute approximate surface area is 158 Å². The first-order valence-electron chi connectivity index (χ1n) is 5.76. The van der Waals surface area contributed by atoms with Crippen LogP contribution in [0.25, 0.3) is 11.3 Å². The van der Waals surface area contributed by atoms with Crippen molar-refractivity contribution in [3.63, 3.8) is 0 Å². The number of hydrogen-bond acceptors (Lipinski definition) is 1. The standard InChI is InChI=1S/C14H10F3INO.Y/c1-8-2-3-9(10(15)6-8)12-5-4-11(18)14(20)19(12)7-13(16)17;/h2-4,6,13H,7H2,1H3;/q-1;. The average Bonchev–Trinajstić information content (AvgIpc) is 2.36. The largest absolute Gasteiger partial charge is 0.336 e. The van der Waals surface area contributed by atoms with E-state index in [4.69, 9.17) is 0 Å². The van der Waals surface area contributed by atoms with E-state index in [-0.39, 0.29) is 47.5 Å². The molecular formula is C14H10F3INOY-. The molecule has 0 N–H and O–H groups in total. The Balaban J connectivity index is 0.00000220. The summed E-state index contributed by atoms with van der Waals surface area (Å²) in [5.74, 6) is -0.565. The van der Waals surface area contributed by atoms with Crippen molar-refractivity contribution >= 4 is 22.6 Å². The fourth-order valence-electron chi connectivity index (χ4n) is 1.85. The zero-order valence-corrected chi connectivity index (χ0v) is 16.0. The van der Waals surface area contributed by atoms with E-state index >= 15 is 0 Å². The molecule has 0 saturated carbocycles. The van der Waals surface area contributed by atoms with E-state index in [1.165, 1.54) is 18.2 Å². The molecule has 0 atom stereocenters. The van der Waals surface area contributed by atoms with Gasteiger partial charge in [0.05, 0.1) is 12.4 Å². The van der Waals surface area contributed by atoms with E-state index in [1.807, 2.05) is 0 Å². The van der Waals surface area contributed by atoms with Crippen LogP contribution in [0.15, 0.2) is 29.1 Å². The van der Waals surface area contributed by atoms with Crippen molar-refractivity contribution < 1.29 is 45.9 Å². The van der Waals surface area contributed by atoms with E-state index in [1.54, 1.807) is 35.6 Å². The zero-order chi connectivity index (χ0) is 14.9. The minimum absolute atomic E-state index is 0. The number of benzene rings is 1. The number of nitrogens with zero attached hydrogens (tertiary/aromatic N) is 1. The van der Waals surface area contributed by atoms with Gasteiger partial charge in [-0.05, 0) is 16.6 Å². The van der Waals surface area contributed by atoms with Gasteiger partial charge < -0.3 is 4.57 Å². The summed E-state index contributed by atoms with van der Waals surface area (Å²) in [5, 5.41) is 0. The zero-order valence-electron chi connectivity index (χ0n) is 11.0. The molecule has 1 heterocycles. The van der Waals surface area contributed by atoms with Gasteiger partial charge >= 0.3 is 0 Å². The summed E-state index contributed by atoms with van der Waals surface area (Å²) in [6.45, 7) is 0.936. The fraction of sp³-hybridized carbons (Fsp3) is 0.214. The Morgan fingerprint density at radius 3 is 2.62 bits per heavy atom. The number of alkyl halides is 2. The van der Waals surface area contributed by atoms with Crippen LogP contribution < -0.4 is 5.56 Å². The summed E-state index contributed by atoms with van der Waals surface area (Å²) in [5.41, 5.74) is 0.261. The molecule has 0 fully saturated rings. The van der Waals surface area contributed by atoms with Crippen LogP contribution in [-0.4, -0.2) is 11.0 Å². The molecule has 0 aliphatic carbocycles. The first kappa shape index (κ1) is 18.8. The van der Waals surface area contributed by atoms with Crippen LogP contribution in [0.4, 0.5) is 13.2 Å². The van der Waals surface area contributed by atoms with Crippen LogP contribution in [0.3, 0.4) is 0 Å². The molecule has 21 heavy (non-hydrogen) atoms. The van der Waals surface area contributed by atoms with Gasteiger partial charge in [-0.3, -0.25) is 4.79 Å². The minimum Gasteiger partial charge on any atom is -0.336 e. The van der Waals surface area contributed by atoms with Gasteiger partial charge in [-0.15, -0.1) is 28.7 Å². The van der Waals surface area contributed by atoms with Crippen LogP contribution in [0.5, 0.6) is 0 Å². The molecule has 2 nitrogen and oxygen atoms in total. The summed E-state index contributed by atoms with van der Waals surface area (Å²) < 4.78 is 40.3. The Kier molecular flexibility index (Phi) is 7.07. The van der Waals surface area contributed by atoms with E-state index < -0.39 is 24.3 Å². The fourth-order valence-corrected chi connectivity index (χ4v) is 2.30. The Morgan fingerprint density at radius 1 is 1.38 bits per heavy atom. The SMILES string of the molecule is Cc1ccc(-c2[c-]cc(I)c(=O)n2CC(F)F)c(F)c1.[Y]. The Bertz CT molecular complexity index is 703. The molecular weight excluding hydrogens is 471 g/mol. The molecule has 2 rings (SSSR count). The van der Waals surface area contributed by atoms with Crippen molar-refractivity contribution in [3.05, 3.63) is 55.6 Å². The van der Waals surface area contributed by atoms with Crippen LogP contribution in [0.1, 0.15) is 5.56 Å². The first-order chi connectivity index (χ1) is 9.40. The van der Waals surface area contributed by atoms with E-state index in [9.17, 15) is 18.0 Å². The van der Waals surface area contributed by atoms with Gasteiger partial charge in [0.25, 0.3) is 6.43 Å². The molecule has 0 aliphatic rings. The molecule has 1 aromatic heterocycles. The topological polar surface area (TPSA) is 22.0 Å². The molecule has 2 aromatic rings. The number of hydrogen-bond donors (Lipinski definition) is 0. The van der Waals surface area contributed by atoms with Crippen LogP contribution >= 0.6 is 22.6 Å². The van der Waals surface area contributed by atoms with Gasteiger partial charge in [0.15, 0.2) is 0 Å². The molecule has 7 heteroatoms. The van der Waals surface area contributed by atoms with Crippen molar-refractivity contribution in [2.24, 2.45) is 0 Å². The summed E-state index contributed by atoms with van der Waals surface area (Å²) in [7, 11) is 0. The van der Waals surface area contributed by atoms with E-state index in [2.05, 4.69) is 6.07 Å². The van der Waals surface area contributed by atoms with Gasteiger partial charge in [0.1, 0.15) is 0 Å². The first-order valence-corrected chi connectivity index (χ1v) is 6.83. The van der Waals surface area contributed by atoms with E-state index in [0.717, 1.165) is 4.57 Å². The number of aryl methyl sites for hydroxylation is 1. The normalized spacial score (nSPS) is 10.6. The predicted molar refractivity (Wildman–Crippen MR) is 78.4 cm³/mol.